The van der Waals surface area contributed by atoms with Crippen molar-refractivity contribution in [2.24, 2.45) is 0 Å². The average Bonchev–Trinajstić information content (AvgIpc) is 3.38. The van der Waals surface area contributed by atoms with Crippen LogP contribution in [0.25, 0.3) is 22.4 Å². The number of carbonyl (C=O) groups excluding carboxylic acids is 1. The number of nitrogens with one attached hydrogen (secondary N) is 2. The Balaban J connectivity index is 1.58. The fraction of sp³-hybridized carbons (Fsp3) is 0.409. The molecule has 29 heavy (non-hydrogen) atoms. The molecule has 0 saturated carbocycles. The van der Waals surface area contributed by atoms with Crippen molar-refractivity contribution < 1.29 is 9.53 Å². The number of aromatic amines is 1. The maximum Gasteiger partial charge on any atom is 0.179 e. The van der Waals surface area contributed by atoms with E-state index in [2.05, 4.69) is 25.2 Å². The number of hydrogen-bond acceptors (Lipinski definition) is 6. The molecule has 0 unspecified atom stereocenters. The SMILES string of the molecule is COc1cnc(-c2[nH]c3ccccc3c2C(C)=O)nc1NCCCN1CCCC1. The van der Waals surface area contributed by atoms with Crippen molar-refractivity contribution in [2.75, 3.05) is 38.6 Å². The van der Waals surface area contributed by atoms with Gasteiger partial charge >= 0.3 is 0 Å². The summed E-state index contributed by atoms with van der Waals surface area (Å²) in [5, 5.41) is 4.26. The highest BCUT2D eigenvalue weighted by Gasteiger charge is 2.20. The smallest absolute Gasteiger partial charge is 0.179 e. The average molecular weight is 393 g/mol. The van der Waals surface area contributed by atoms with Crippen molar-refractivity contribution >= 4 is 22.5 Å². The van der Waals surface area contributed by atoms with Crippen LogP contribution < -0.4 is 10.1 Å². The van der Waals surface area contributed by atoms with Gasteiger partial charge in [0.15, 0.2) is 23.2 Å². The Morgan fingerprint density at radius 3 is 2.83 bits per heavy atom. The van der Waals surface area contributed by atoms with E-state index < -0.39 is 0 Å². The van der Waals surface area contributed by atoms with E-state index in [1.165, 1.54) is 25.9 Å². The van der Waals surface area contributed by atoms with Gasteiger partial charge in [0.2, 0.25) is 0 Å². The van der Waals surface area contributed by atoms with Crippen LogP contribution in [0.5, 0.6) is 5.75 Å². The molecule has 0 radical (unpaired) electrons. The van der Waals surface area contributed by atoms with Crippen LogP contribution in [-0.2, 0) is 0 Å². The van der Waals surface area contributed by atoms with Crippen molar-refractivity contribution in [3.05, 3.63) is 36.0 Å². The van der Waals surface area contributed by atoms with Gasteiger partial charge in [0.25, 0.3) is 0 Å². The summed E-state index contributed by atoms with van der Waals surface area (Å²) in [6.45, 7) is 5.86. The van der Waals surface area contributed by atoms with E-state index in [0.717, 1.165) is 30.4 Å². The second-order valence-electron chi connectivity index (χ2n) is 7.42. The van der Waals surface area contributed by atoms with Crippen molar-refractivity contribution in [3.63, 3.8) is 0 Å². The molecule has 1 aliphatic rings. The maximum atomic E-state index is 12.3. The van der Waals surface area contributed by atoms with E-state index in [1.807, 2.05) is 24.3 Å². The molecule has 152 valence electrons. The second-order valence-corrected chi connectivity index (χ2v) is 7.42. The van der Waals surface area contributed by atoms with Crippen LogP contribution in [0.2, 0.25) is 0 Å². The molecule has 3 heterocycles. The van der Waals surface area contributed by atoms with E-state index in [0.29, 0.717) is 28.6 Å². The van der Waals surface area contributed by atoms with Crippen LogP contribution in [0.4, 0.5) is 5.82 Å². The first kappa shape index (κ1) is 19.4. The highest BCUT2D eigenvalue weighted by molar-refractivity contribution is 6.11. The summed E-state index contributed by atoms with van der Waals surface area (Å²) in [6, 6.07) is 7.75. The molecule has 0 bridgehead atoms. The van der Waals surface area contributed by atoms with Gasteiger partial charge in [-0.05, 0) is 51.9 Å². The van der Waals surface area contributed by atoms with Gasteiger partial charge in [0.05, 0.1) is 24.6 Å². The molecule has 2 N–H and O–H groups in total. The Kier molecular flexibility index (Phi) is 5.76. The van der Waals surface area contributed by atoms with Crippen molar-refractivity contribution in [1.82, 2.24) is 19.9 Å². The lowest BCUT2D eigenvalue weighted by Gasteiger charge is -2.15. The van der Waals surface area contributed by atoms with Crippen molar-refractivity contribution in [2.45, 2.75) is 26.2 Å². The molecule has 3 aromatic rings. The van der Waals surface area contributed by atoms with Crippen molar-refractivity contribution in [3.8, 4) is 17.3 Å². The fourth-order valence-electron chi connectivity index (χ4n) is 3.96. The van der Waals surface area contributed by atoms with Gasteiger partial charge in [0, 0.05) is 17.4 Å². The Morgan fingerprint density at radius 1 is 1.28 bits per heavy atom. The summed E-state index contributed by atoms with van der Waals surface area (Å²) in [5.74, 6) is 1.70. The molecule has 7 nitrogen and oxygen atoms in total. The first-order valence-electron chi connectivity index (χ1n) is 10.2. The van der Waals surface area contributed by atoms with Crippen LogP contribution in [-0.4, -0.2) is 58.9 Å². The maximum absolute atomic E-state index is 12.3. The Hall–Kier alpha value is -2.93. The van der Waals surface area contributed by atoms with Gasteiger partial charge in [-0.2, -0.15) is 0 Å². The summed E-state index contributed by atoms with van der Waals surface area (Å²) < 4.78 is 5.43. The number of benzene rings is 1. The normalized spacial score (nSPS) is 14.4. The number of Topliss-reactive ketones (excluding diaryl/α,β-unsaturated/α-hetero) is 1. The monoisotopic (exact) mass is 393 g/mol. The van der Waals surface area contributed by atoms with Crippen LogP contribution in [0.1, 0.15) is 36.5 Å². The largest absolute Gasteiger partial charge is 0.491 e. The lowest BCUT2D eigenvalue weighted by atomic mass is 10.1. The lowest BCUT2D eigenvalue weighted by Crippen LogP contribution is -2.22. The zero-order valence-electron chi connectivity index (χ0n) is 17.0. The summed E-state index contributed by atoms with van der Waals surface area (Å²) in [4.78, 5) is 27.3. The number of ketones is 1. The molecule has 2 aromatic heterocycles. The Bertz CT molecular complexity index is 1010. The zero-order chi connectivity index (χ0) is 20.2. The standard InChI is InChI=1S/C22H27N5O2/c1-15(28)19-16-8-3-4-9-17(16)25-20(19)22-24-14-18(29-2)21(26-22)23-10-7-13-27-11-5-6-12-27/h3-4,8-9,14,25H,5-7,10-13H2,1-2H3,(H,23,24,26). The molecular weight excluding hydrogens is 366 g/mol. The minimum absolute atomic E-state index is 0.0167. The second kappa shape index (κ2) is 8.61. The predicted octanol–water partition coefficient (Wildman–Crippen LogP) is 3.73. The summed E-state index contributed by atoms with van der Waals surface area (Å²) in [5.41, 5.74) is 2.15. The number of methoxy groups -OCH3 is 1. The van der Waals surface area contributed by atoms with Gasteiger partial charge in [-0.3, -0.25) is 4.79 Å². The van der Waals surface area contributed by atoms with Gasteiger partial charge in [-0.15, -0.1) is 0 Å². The highest BCUT2D eigenvalue weighted by Crippen LogP contribution is 2.31. The molecule has 1 fully saturated rings. The number of H-pyrrole nitrogens is 1. The minimum atomic E-state index is -0.0167. The first-order chi connectivity index (χ1) is 14.2. The number of para-hydroxylation sites is 1. The van der Waals surface area contributed by atoms with Crippen LogP contribution in [0, 0.1) is 0 Å². The third-order valence-corrected chi connectivity index (χ3v) is 5.40. The first-order valence-corrected chi connectivity index (χ1v) is 10.2. The Morgan fingerprint density at radius 2 is 2.07 bits per heavy atom. The zero-order valence-corrected chi connectivity index (χ0v) is 17.0. The molecule has 7 heteroatoms. The number of ether oxygens (including phenoxy) is 1. The molecule has 0 spiro atoms. The van der Waals surface area contributed by atoms with E-state index in [4.69, 9.17) is 4.74 Å². The fourth-order valence-corrected chi connectivity index (χ4v) is 3.96. The van der Waals surface area contributed by atoms with Gasteiger partial charge in [-0.1, -0.05) is 18.2 Å². The number of likely N-dealkylation sites (tertiary alicyclic amines) is 1. The molecule has 1 aliphatic heterocycles. The molecule has 1 aromatic carbocycles. The van der Waals surface area contributed by atoms with Crippen LogP contribution in [0.15, 0.2) is 30.5 Å². The highest BCUT2D eigenvalue weighted by atomic mass is 16.5. The van der Waals surface area contributed by atoms with Crippen LogP contribution in [0.3, 0.4) is 0 Å². The number of carbonyl (C=O) groups is 1. The summed E-state index contributed by atoms with van der Waals surface area (Å²) in [6.07, 6.45) is 5.30. The third kappa shape index (κ3) is 4.10. The van der Waals surface area contributed by atoms with E-state index in [1.54, 1.807) is 20.2 Å². The van der Waals surface area contributed by atoms with Gasteiger partial charge in [-0.25, -0.2) is 9.97 Å². The van der Waals surface area contributed by atoms with E-state index in [-0.39, 0.29) is 5.78 Å². The topological polar surface area (TPSA) is 83.1 Å². The number of aromatic nitrogens is 3. The van der Waals surface area contributed by atoms with Gasteiger partial charge in [0.1, 0.15) is 0 Å². The molecular formula is C22H27N5O2. The molecule has 4 rings (SSSR count). The third-order valence-electron chi connectivity index (χ3n) is 5.40. The van der Waals surface area contributed by atoms with E-state index >= 15 is 0 Å². The molecule has 0 amide bonds. The number of nitrogens with zero attached hydrogens (tertiary/aromatic N) is 3. The number of rotatable bonds is 8. The molecule has 0 atom stereocenters. The summed E-state index contributed by atoms with van der Waals surface area (Å²) >= 11 is 0. The quantitative estimate of drug-likeness (QED) is 0.448. The summed E-state index contributed by atoms with van der Waals surface area (Å²) in [7, 11) is 1.61. The minimum Gasteiger partial charge on any atom is -0.491 e. The van der Waals surface area contributed by atoms with Gasteiger partial charge < -0.3 is 19.9 Å². The van der Waals surface area contributed by atoms with E-state index in [9.17, 15) is 4.79 Å². The molecule has 1 saturated heterocycles. The number of hydrogen-bond donors (Lipinski definition) is 2. The van der Waals surface area contributed by atoms with Crippen LogP contribution >= 0.6 is 0 Å². The number of fused-ring (bicyclic) bond motifs is 1. The predicted molar refractivity (Wildman–Crippen MR) is 115 cm³/mol. The molecule has 0 aliphatic carbocycles. The van der Waals surface area contributed by atoms with Crippen molar-refractivity contribution in [1.29, 1.82) is 0 Å². The Labute approximate surface area is 170 Å². The lowest BCUT2D eigenvalue weighted by molar-refractivity contribution is 0.102. The number of anilines is 1.